The summed E-state index contributed by atoms with van der Waals surface area (Å²) in [5.74, 6) is 0.765. The average molecular weight is 241 g/mol. The minimum Gasteiger partial charge on any atom is -0.370 e. The van der Waals surface area contributed by atoms with Crippen molar-refractivity contribution in [2.75, 3.05) is 31.6 Å². The van der Waals surface area contributed by atoms with Crippen LogP contribution in [0.15, 0.2) is 36.5 Å². The van der Waals surface area contributed by atoms with Gasteiger partial charge in [-0.05, 0) is 38.1 Å². The molecule has 0 bridgehead atoms. The van der Waals surface area contributed by atoms with E-state index in [1.807, 2.05) is 19.3 Å². The zero-order valence-electron chi connectivity index (χ0n) is 10.8. The van der Waals surface area contributed by atoms with Crippen molar-refractivity contribution in [3.05, 3.63) is 36.5 Å². The van der Waals surface area contributed by atoms with Crippen molar-refractivity contribution in [3.8, 4) is 0 Å². The molecule has 1 saturated heterocycles. The van der Waals surface area contributed by atoms with Crippen LogP contribution in [0.3, 0.4) is 0 Å². The number of para-hydroxylation sites is 1. The zero-order chi connectivity index (χ0) is 12.4. The number of fused-ring (bicyclic) bond motifs is 1. The van der Waals surface area contributed by atoms with Crippen molar-refractivity contribution in [1.82, 2.24) is 10.3 Å². The SMILES string of the molecule is CNCC1CCN(c2cnc3ccccc3c2)C1. The quantitative estimate of drug-likeness (QED) is 0.893. The summed E-state index contributed by atoms with van der Waals surface area (Å²) in [6.07, 6.45) is 3.28. The summed E-state index contributed by atoms with van der Waals surface area (Å²) in [4.78, 5) is 6.99. The van der Waals surface area contributed by atoms with Crippen LogP contribution in [-0.2, 0) is 0 Å². The second-order valence-corrected chi connectivity index (χ2v) is 5.04. The third kappa shape index (κ3) is 2.18. The van der Waals surface area contributed by atoms with E-state index in [9.17, 15) is 0 Å². The molecule has 94 valence electrons. The lowest BCUT2D eigenvalue weighted by atomic mass is 10.1. The Hall–Kier alpha value is -1.61. The third-order valence-corrected chi connectivity index (χ3v) is 3.72. The van der Waals surface area contributed by atoms with Crippen LogP contribution < -0.4 is 10.2 Å². The molecule has 1 unspecified atom stereocenters. The van der Waals surface area contributed by atoms with Gasteiger partial charge >= 0.3 is 0 Å². The first-order chi connectivity index (χ1) is 8.86. The Kier molecular flexibility index (Phi) is 3.15. The largest absolute Gasteiger partial charge is 0.370 e. The number of pyridine rings is 1. The fraction of sp³-hybridized carbons (Fsp3) is 0.400. The highest BCUT2D eigenvalue weighted by atomic mass is 15.2. The van der Waals surface area contributed by atoms with Gasteiger partial charge < -0.3 is 10.2 Å². The number of hydrogen-bond donors (Lipinski definition) is 1. The van der Waals surface area contributed by atoms with E-state index in [0.29, 0.717) is 0 Å². The molecule has 1 fully saturated rings. The minimum absolute atomic E-state index is 0.765. The Morgan fingerprint density at radius 2 is 2.28 bits per heavy atom. The number of nitrogens with one attached hydrogen (secondary N) is 1. The van der Waals surface area contributed by atoms with Crippen LogP contribution in [-0.4, -0.2) is 31.7 Å². The van der Waals surface area contributed by atoms with Gasteiger partial charge in [0, 0.05) is 18.5 Å². The van der Waals surface area contributed by atoms with E-state index in [4.69, 9.17) is 0 Å². The first kappa shape index (κ1) is 11.5. The van der Waals surface area contributed by atoms with Gasteiger partial charge in [0.2, 0.25) is 0 Å². The summed E-state index contributed by atoms with van der Waals surface area (Å²) in [6, 6.07) is 10.6. The van der Waals surface area contributed by atoms with Gasteiger partial charge in [-0.2, -0.15) is 0 Å². The first-order valence-corrected chi connectivity index (χ1v) is 6.61. The standard InChI is InChI=1S/C15H19N3/c1-16-9-12-6-7-18(11-12)14-8-13-4-2-3-5-15(13)17-10-14/h2-5,8,10,12,16H,6-7,9,11H2,1H3. The molecule has 1 aliphatic rings. The van der Waals surface area contributed by atoms with Gasteiger partial charge in [-0.15, -0.1) is 0 Å². The molecule has 3 nitrogen and oxygen atoms in total. The van der Waals surface area contributed by atoms with Crippen molar-refractivity contribution in [3.63, 3.8) is 0 Å². The van der Waals surface area contributed by atoms with Crippen LogP contribution in [0.2, 0.25) is 0 Å². The summed E-state index contributed by atoms with van der Waals surface area (Å²) in [5.41, 5.74) is 2.33. The third-order valence-electron chi connectivity index (χ3n) is 3.72. The number of nitrogens with zero attached hydrogens (tertiary/aromatic N) is 2. The maximum atomic E-state index is 4.54. The van der Waals surface area contributed by atoms with Crippen LogP contribution in [0.25, 0.3) is 10.9 Å². The van der Waals surface area contributed by atoms with Gasteiger partial charge in [0.1, 0.15) is 0 Å². The van der Waals surface area contributed by atoms with E-state index in [1.165, 1.54) is 17.5 Å². The van der Waals surface area contributed by atoms with Crippen LogP contribution in [0.4, 0.5) is 5.69 Å². The Bertz CT molecular complexity index is 538. The molecule has 1 aromatic heterocycles. The lowest BCUT2D eigenvalue weighted by Crippen LogP contribution is -2.24. The number of benzene rings is 1. The predicted molar refractivity (Wildman–Crippen MR) is 76.0 cm³/mol. The molecule has 3 heteroatoms. The molecule has 0 amide bonds. The van der Waals surface area contributed by atoms with E-state index in [-0.39, 0.29) is 0 Å². The van der Waals surface area contributed by atoms with E-state index >= 15 is 0 Å². The number of rotatable bonds is 3. The van der Waals surface area contributed by atoms with E-state index in [0.717, 1.165) is 31.1 Å². The Balaban J connectivity index is 1.82. The molecule has 1 aliphatic heterocycles. The van der Waals surface area contributed by atoms with Gasteiger partial charge in [-0.1, -0.05) is 18.2 Å². The van der Waals surface area contributed by atoms with Crippen LogP contribution >= 0.6 is 0 Å². The Morgan fingerprint density at radius 3 is 3.17 bits per heavy atom. The highest BCUT2D eigenvalue weighted by Gasteiger charge is 2.22. The van der Waals surface area contributed by atoms with E-state index in [1.54, 1.807) is 0 Å². The highest BCUT2D eigenvalue weighted by Crippen LogP contribution is 2.25. The topological polar surface area (TPSA) is 28.2 Å². The molecular formula is C15H19N3. The van der Waals surface area contributed by atoms with Gasteiger partial charge in [0.25, 0.3) is 0 Å². The molecule has 1 atom stereocenters. The second-order valence-electron chi connectivity index (χ2n) is 5.04. The van der Waals surface area contributed by atoms with Crippen molar-refractivity contribution in [1.29, 1.82) is 0 Å². The Labute approximate surface area is 108 Å². The van der Waals surface area contributed by atoms with Crippen LogP contribution in [0.1, 0.15) is 6.42 Å². The predicted octanol–water partition coefficient (Wildman–Crippen LogP) is 2.28. The average Bonchev–Trinajstić information content (AvgIpc) is 2.87. The summed E-state index contributed by atoms with van der Waals surface area (Å²) < 4.78 is 0. The molecular weight excluding hydrogens is 222 g/mol. The van der Waals surface area contributed by atoms with E-state index in [2.05, 4.69) is 39.5 Å². The van der Waals surface area contributed by atoms with Gasteiger partial charge in [-0.25, -0.2) is 0 Å². The van der Waals surface area contributed by atoms with Crippen molar-refractivity contribution < 1.29 is 0 Å². The summed E-state index contributed by atoms with van der Waals surface area (Å²) >= 11 is 0. The lowest BCUT2D eigenvalue weighted by Gasteiger charge is -2.18. The maximum absolute atomic E-state index is 4.54. The highest BCUT2D eigenvalue weighted by molar-refractivity contribution is 5.81. The number of aromatic nitrogens is 1. The molecule has 2 aromatic rings. The molecule has 0 radical (unpaired) electrons. The monoisotopic (exact) mass is 241 g/mol. The first-order valence-electron chi connectivity index (χ1n) is 6.61. The smallest absolute Gasteiger partial charge is 0.0703 e. The summed E-state index contributed by atoms with van der Waals surface area (Å²) in [7, 11) is 2.03. The molecule has 1 aromatic carbocycles. The number of hydrogen-bond acceptors (Lipinski definition) is 3. The van der Waals surface area contributed by atoms with Crippen LogP contribution in [0, 0.1) is 5.92 Å². The lowest BCUT2D eigenvalue weighted by molar-refractivity contribution is 0.549. The molecule has 0 spiro atoms. The fourth-order valence-electron chi connectivity index (χ4n) is 2.75. The minimum atomic E-state index is 0.765. The summed E-state index contributed by atoms with van der Waals surface area (Å²) in [6.45, 7) is 3.39. The van der Waals surface area contributed by atoms with E-state index < -0.39 is 0 Å². The molecule has 3 rings (SSSR count). The van der Waals surface area contributed by atoms with Crippen molar-refractivity contribution in [2.24, 2.45) is 5.92 Å². The second kappa shape index (κ2) is 4.94. The van der Waals surface area contributed by atoms with Crippen molar-refractivity contribution in [2.45, 2.75) is 6.42 Å². The normalized spacial score (nSPS) is 19.6. The molecule has 2 heterocycles. The van der Waals surface area contributed by atoms with Gasteiger partial charge in [0.05, 0.1) is 17.4 Å². The summed E-state index contributed by atoms with van der Waals surface area (Å²) in [5, 5.41) is 4.50. The van der Waals surface area contributed by atoms with Crippen LogP contribution in [0.5, 0.6) is 0 Å². The fourth-order valence-corrected chi connectivity index (χ4v) is 2.75. The maximum Gasteiger partial charge on any atom is 0.0703 e. The number of anilines is 1. The zero-order valence-corrected chi connectivity index (χ0v) is 10.8. The van der Waals surface area contributed by atoms with Gasteiger partial charge in [0.15, 0.2) is 0 Å². The molecule has 18 heavy (non-hydrogen) atoms. The molecule has 0 saturated carbocycles. The Morgan fingerprint density at radius 1 is 1.39 bits per heavy atom. The molecule has 1 N–H and O–H groups in total. The van der Waals surface area contributed by atoms with Crippen molar-refractivity contribution >= 4 is 16.6 Å². The van der Waals surface area contributed by atoms with Gasteiger partial charge in [-0.3, -0.25) is 4.98 Å². The molecule has 0 aliphatic carbocycles.